The van der Waals surface area contributed by atoms with Crippen LogP contribution in [0, 0.1) is 11.3 Å². The lowest BCUT2D eigenvalue weighted by atomic mass is 9.68. The number of benzene rings is 2. The number of nitrogens with zero attached hydrogens (tertiary/aromatic N) is 2. The van der Waals surface area contributed by atoms with Gasteiger partial charge in [-0.15, -0.1) is 0 Å². The maximum absolute atomic E-state index is 13.6. The third kappa shape index (κ3) is 3.91. The summed E-state index contributed by atoms with van der Waals surface area (Å²) in [6, 6.07) is 13.1. The molecule has 2 aliphatic rings. The zero-order valence-corrected chi connectivity index (χ0v) is 21.6. The quantitative estimate of drug-likeness (QED) is 0.590. The highest BCUT2D eigenvalue weighted by Crippen LogP contribution is 2.50. The van der Waals surface area contributed by atoms with E-state index in [1.165, 1.54) is 0 Å². The molecule has 34 heavy (non-hydrogen) atoms. The number of carbonyl (C=O) groups excluding carboxylic acids is 1. The van der Waals surface area contributed by atoms with Crippen LogP contribution in [0.4, 0.5) is 0 Å². The first kappa shape index (κ1) is 24.4. The average Bonchev–Trinajstić information content (AvgIpc) is 3.17. The molecular weight excluding hydrogens is 444 g/mol. The Kier molecular flexibility index (Phi) is 6.08. The Labute approximate surface area is 203 Å². The zero-order valence-electron chi connectivity index (χ0n) is 20.8. The van der Waals surface area contributed by atoms with Crippen LogP contribution in [-0.2, 0) is 21.7 Å². The van der Waals surface area contributed by atoms with Crippen LogP contribution in [0.3, 0.4) is 0 Å². The third-order valence-corrected chi connectivity index (χ3v) is 9.06. The van der Waals surface area contributed by atoms with Gasteiger partial charge in [-0.1, -0.05) is 19.9 Å². The summed E-state index contributed by atoms with van der Waals surface area (Å²) in [5.74, 6) is -0.0325. The Hall–Kier alpha value is -2.75. The number of allylic oxidation sites excluding steroid dienone is 2. The highest BCUT2D eigenvalue weighted by molar-refractivity contribution is 7.91. The van der Waals surface area contributed by atoms with Gasteiger partial charge in [-0.05, 0) is 86.7 Å². The number of rotatable bonds is 6. The fraction of sp³-hybridized carbons (Fsp3) is 0.429. The average molecular weight is 477 g/mol. The molecule has 2 aromatic rings. The summed E-state index contributed by atoms with van der Waals surface area (Å²) in [6.07, 6.45) is 0.590. The molecule has 178 valence electrons. The summed E-state index contributed by atoms with van der Waals surface area (Å²) < 4.78 is 26.6. The molecule has 0 aliphatic heterocycles. The topological polar surface area (TPSA) is 78.2 Å². The van der Waals surface area contributed by atoms with Crippen molar-refractivity contribution in [2.45, 2.75) is 70.4 Å². The minimum atomic E-state index is -3.51. The summed E-state index contributed by atoms with van der Waals surface area (Å²) in [4.78, 5) is 16.0. The Balaban J connectivity index is 1.71. The van der Waals surface area contributed by atoms with E-state index in [1.54, 1.807) is 24.3 Å². The molecule has 2 aliphatic carbocycles. The number of sulfone groups is 1. The second kappa shape index (κ2) is 8.48. The van der Waals surface area contributed by atoms with Gasteiger partial charge in [0.25, 0.3) is 0 Å². The van der Waals surface area contributed by atoms with Crippen molar-refractivity contribution in [2.24, 2.45) is 0 Å². The minimum absolute atomic E-state index is 0.0346. The summed E-state index contributed by atoms with van der Waals surface area (Å²) in [6.45, 7) is 12.9. The Morgan fingerprint density at radius 1 is 1.03 bits per heavy atom. The summed E-state index contributed by atoms with van der Waals surface area (Å²) in [7, 11) is -3.51. The van der Waals surface area contributed by atoms with Gasteiger partial charge >= 0.3 is 0 Å². The molecule has 4 rings (SSSR count). The Morgan fingerprint density at radius 2 is 1.68 bits per heavy atom. The van der Waals surface area contributed by atoms with Gasteiger partial charge in [0, 0.05) is 35.2 Å². The molecule has 0 saturated carbocycles. The zero-order chi connectivity index (χ0) is 25.0. The van der Waals surface area contributed by atoms with Crippen LogP contribution < -0.4 is 0 Å². The summed E-state index contributed by atoms with van der Waals surface area (Å²) in [5.41, 5.74) is 4.96. The van der Waals surface area contributed by atoms with E-state index in [4.69, 9.17) is 0 Å². The first-order valence-corrected chi connectivity index (χ1v) is 13.5. The lowest BCUT2D eigenvalue weighted by molar-refractivity contribution is 0.105. The molecule has 0 bridgehead atoms. The fourth-order valence-electron chi connectivity index (χ4n) is 5.47. The van der Waals surface area contributed by atoms with E-state index < -0.39 is 15.3 Å². The second-order valence-corrected chi connectivity index (χ2v) is 12.5. The van der Waals surface area contributed by atoms with Gasteiger partial charge in [0.1, 0.15) is 0 Å². The molecule has 5 nitrogen and oxygen atoms in total. The van der Waals surface area contributed by atoms with E-state index in [1.807, 2.05) is 12.1 Å². The number of nitriles is 1. The molecule has 0 spiro atoms. The molecule has 0 amide bonds. The van der Waals surface area contributed by atoms with Crippen molar-refractivity contribution >= 4 is 21.2 Å². The van der Waals surface area contributed by atoms with Crippen LogP contribution in [-0.4, -0.2) is 43.5 Å². The first-order chi connectivity index (χ1) is 15.9. The number of fused-ring (bicyclic) bond motifs is 3. The van der Waals surface area contributed by atoms with E-state index in [2.05, 4.69) is 52.5 Å². The van der Waals surface area contributed by atoms with Crippen LogP contribution in [0.1, 0.15) is 74.2 Å². The third-order valence-electron chi connectivity index (χ3n) is 7.37. The molecule has 6 heteroatoms. The molecule has 0 radical (unpaired) electrons. The monoisotopic (exact) mass is 476 g/mol. The van der Waals surface area contributed by atoms with Gasteiger partial charge < -0.3 is 0 Å². The molecule has 0 fully saturated rings. The highest BCUT2D eigenvalue weighted by Gasteiger charge is 2.43. The van der Waals surface area contributed by atoms with Gasteiger partial charge in [0.15, 0.2) is 15.6 Å². The SMILES string of the molecule is CC(C)N(CCS(=O)(=O)c1ccc2c(c1)C(C)(C)C1=C(C2=O)c2ccc(C#N)cc2C1)C(C)C. The Bertz CT molecular complexity index is 1350. The molecule has 0 atom stereocenters. The smallest absolute Gasteiger partial charge is 0.193 e. The highest BCUT2D eigenvalue weighted by atomic mass is 32.2. The molecular formula is C28H32N2O3S. The number of Topliss-reactive ketones (excluding diaryl/α,β-unsaturated/α-hetero) is 1. The Morgan fingerprint density at radius 3 is 2.29 bits per heavy atom. The van der Waals surface area contributed by atoms with Crippen LogP contribution >= 0.6 is 0 Å². The van der Waals surface area contributed by atoms with E-state index in [9.17, 15) is 18.5 Å². The maximum atomic E-state index is 13.6. The van der Waals surface area contributed by atoms with Gasteiger partial charge in [0.2, 0.25) is 0 Å². The first-order valence-electron chi connectivity index (χ1n) is 11.8. The molecule has 0 aromatic heterocycles. The molecule has 2 aromatic carbocycles. The predicted octanol–water partition coefficient (Wildman–Crippen LogP) is 4.93. The van der Waals surface area contributed by atoms with E-state index in [-0.39, 0.29) is 28.5 Å². The van der Waals surface area contributed by atoms with Crippen molar-refractivity contribution in [1.29, 1.82) is 5.26 Å². The van der Waals surface area contributed by atoms with Gasteiger partial charge in [0.05, 0.1) is 22.3 Å². The summed E-state index contributed by atoms with van der Waals surface area (Å²) >= 11 is 0. The van der Waals surface area contributed by atoms with Crippen molar-refractivity contribution in [2.75, 3.05) is 12.3 Å². The van der Waals surface area contributed by atoms with Crippen molar-refractivity contribution in [3.05, 3.63) is 69.8 Å². The second-order valence-electron chi connectivity index (χ2n) is 10.4. The van der Waals surface area contributed by atoms with Crippen LogP contribution in [0.5, 0.6) is 0 Å². The largest absolute Gasteiger partial charge is 0.298 e. The standard InChI is InChI=1S/C28H32N2O3S/c1-17(2)30(18(3)4)11-12-34(32,33)21-8-10-23-24(15-21)28(5,6)25-14-20-13-19(16-29)7-9-22(20)26(25)27(23)31/h7-10,13,15,17-18H,11-12,14H2,1-6H3. The number of hydrogen-bond donors (Lipinski definition) is 0. The van der Waals surface area contributed by atoms with Crippen molar-refractivity contribution in [3.63, 3.8) is 0 Å². The van der Waals surface area contributed by atoms with Crippen LogP contribution in [0.2, 0.25) is 0 Å². The van der Waals surface area contributed by atoms with Gasteiger partial charge in [-0.25, -0.2) is 8.42 Å². The predicted molar refractivity (Wildman–Crippen MR) is 135 cm³/mol. The molecule has 0 unspecified atom stereocenters. The van der Waals surface area contributed by atoms with E-state index in [0.29, 0.717) is 29.7 Å². The maximum Gasteiger partial charge on any atom is 0.193 e. The summed E-state index contributed by atoms with van der Waals surface area (Å²) in [5, 5.41) is 9.28. The lowest BCUT2D eigenvalue weighted by Crippen LogP contribution is -2.40. The van der Waals surface area contributed by atoms with Gasteiger partial charge in [-0.3, -0.25) is 9.69 Å². The number of carbonyl (C=O) groups is 1. The van der Waals surface area contributed by atoms with E-state index in [0.717, 1.165) is 22.3 Å². The van der Waals surface area contributed by atoms with Crippen LogP contribution in [0.25, 0.3) is 5.57 Å². The number of ketones is 1. The lowest BCUT2D eigenvalue weighted by Gasteiger charge is -2.34. The molecule has 0 saturated heterocycles. The van der Waals surface area contributed by atoms with Crippen LogP contribution in [0.15, 0.2) is 46.9 Å². The number of hydrogen-bond acceptors (Lipinski definition) is 5. The molecule has 0 heterocycles. The van der Waals surface area contributed by atoms with Gasteiger partial charge in [-0.2, -0.15) is 5.26 Å². The van der Waals surface area contributed by atoms with Crippen molar-refractivity contribution in [1.82, 2.24) is 4.90 Å². The van der Waals surface area contributed by atoms with Crippen molar-refractivity contribution in [3.8, 4) is 6.07 Å². The normalized spacial score (nSPS) is 16.6. The fourth-order valence-corrected chi connectivity index (χ4v) is 6.73. The molecule has 0 N–H and O–H groups in total. The minimum Gasteiger partial charge on any atom is -0.298 e. The van der Waals surface area contributed by atoms with Crippen molar-refractivity contribution < 1.29 is 13.2 Å². The van der Waals surface area contributed by atoms with E-state index >= 15 is 0 Å².